The van der Waals surface area contributed by atoms with Crippen molar-refractivity contribution in [3.05, 3.63) is 64.2 Å². The molecule has 0 radical (unpaired) electrons. The van der Waals surface area contributed by atoms with Crippen LogP contribution in [0.2, 0.25) is 0 Å². The fourth-order valence-electron chi connectivity index (χ4n) is 3.29. The number of nitrogens with one attached hydrogen (secondary N) is 1. The smallest absolute Gasteiger partial charge is 0.308 e. The zero-order valence-corrected chi connectivity index (χ0v) is 19.6. The van der Waals surface area contributed by atoms with Gasteiger partial charge in [0, 0.05) is 0 Å². The van der Waals surface area contributed by atoms with Gasteiger partial charge in [0.2, 0.25) is 10.0 Å². The molecular weight excluding hydrogens is 409 g/mol. The van der Waals surface area contributed by atoms with E-state index in [1.54, 1.807) is 58.0 Å². The SMILES string of the molecule is CCOP(=O)(OCC)C(NS(=O)(=O)c1c(C)c(C)cc(C)c1C)c1ccccc1. The number of rotatable bonds is 9. The first-order chi connectivity index (χ1) is 13.6. The Kier molecular flexibility index (Phi) is 7.82. The van der Waals surface area contributed by atoms with Gasteiger partial charge in [-0.25, -0.2) is 8.42 Å². The van der Waals surface area contributed by atoms with Crippen molar-refractivity contribution in [2.24, 2.45) is 0 Å². The maximum atomic E-state index is 13.6. The molecule has 8 heteroatoms. The molecule has 0 heterocycles. The molecule has 1 atom stereocenters. The molecule has 0 aliphatic carbocycles. The van der Waals surface area contributed by atoms with E-state index in [4.69, 9.17) is 9.05 Å². The highest BCUT2D eigenvalue weighted by Crippen LogP contribution is 2.60. The lowest BCUT2D eigenvalue weighted by molar-refractivity contribution is 0.210. The molecule has 29 heavy (non-hydrogen) atoms. The minimum Gasteiger partial charge on any atom is -0.308 e. The molecule has 1 unspecified atom stereocenters. The van der Waals surface area contributed by atoms with Crippen molar-refractivity contribution in [2.45, 2.75) is 52.2 Å². The lowest BCUT2D eigenvalue weighted by Crippen LogP contribution is -2.31. The van der Waals surface area contributed by atoms with Gasteiger partial charge in [0.15, 0.2) is 0 Å². The molecule has 0 aromatic heterocycles. The Morgan fingerprint density at radius 3 is 1.86 bits per heavy atom. The summed E-state index contributed by atoms with van der Waals surface area (Å²) in [5.41, 5.74) is 3.59. The van der Waals surface area contributed by atoms with Crippen LogP contribution in [0.3, 0.4) is 0 Å². The first-order valence-corrected chi connectivity index (χ1v) is 12.7. The summed E-state index contributed by atoms with van der Waals surface area (Å²) in [4.78, 5) is 0.204. The van der Waals surface area contributed by atoms with Crippen molar-refractivity contribution < 1.29 is 22.0 Å². The van der Waals surface area contributed by atoms with Crippen molar-refractivity contribution >= 4 is 17.6 Å². The Morgan fingerprint density at radius 2 is 1.41 bits per heavy atom. The summed E-state index contributed by atoms with van der Waals surface area (Å²) in [5.74, 6) is -1.16. The van der Waals surface area contributed by atoms with Gasteiger partial charge in [0.1, 0.15) is 5.78 Å². The highest BCUT2D eigenvalue weighted by Gasteiger charge is 2.40. The molecule has 2 rings (SSSR count). The maximum absolute atomic E-state index is 13.6. The van der Waals surface area contributed by atoms with Crippen molar-refractivity contribution in [1.29, 1.82) is 0 Å². The average molecular weight is 440 g/mol. The van der Waals surface area contributed by atoms with Gasteiger partial charge in [0.05, 0.1) is 18.1 Å². The average Bonchev–Trinajstić information content (AvgIpc) is 2.65. The summed E-state index contributed by atoms with van der Waals surface area (Å²) in [7, 11) is -7.83. The monoisotopic (exact) mass is 439 g/mol. The lowest BCUT2D eigenvalue weighted by atomic mass is 10.0. The highest BCUT2D eigenvalue weighted by atomic mass is 32.2. The van der Waals surface area contributed by atoms with Gasteiger partial charge in [-0.05, 0) is 69.4 Å². The lowest BCUT2D eigenvalue weighted by Gasteiger charge is -2.28. The Bertz CT molecular complexity index is 969. The maximum Gasteiger partial charge on any atom is 0.352 e. The first kappa shape index (κ1) is 23.8. The van der Waals surface area contributed by atoms with Gasteiger partial charge < -0.3 is 9.05 Å². The minimum atomic E-state index is -4.02. The van der Waals surface area contributed by atoms with E-state index in [-0.39, 0.29) is 18.1 Å². The summed E-state index contributed by atoms with van der Waals surface area (Å²) in [6, 6.07) is 10.7. The third kappa shape index (κ3) is 5.16. The Balaban J connectivity index is 2.64. The fraction of sp³-hybridized carbons (Fsp3) is 0.429. The van der Waals surface area contributed by atoms with Gasteiger partial charge in [-0.2, -0.15) is 4.72 Å². The molecular formula is C21H30NO5PS. The second-order valence-electron chi connectivity index (χ2n) is 6.90. The predicted molar refractivity (Wildman–Crippen MR) is 116 cm³/mol. The van der Waals surface area contributed by atoms with Gasteiger partial charge in [0.25, 0.3) is 0 Å². The Labute approximate surface area is 174 Å². The second kappa shape index (κ2) is 9.54. The Morgan fingerprint density at radius 1 is 0.931 bits per heavy atom. The first-order valence-electron chi connectivity index (χ1n) is 9.60. The van der Waals surface area contributed by atoms with Gasteiger partial charge in [-0.15, -0.1) is 0 Å². The molecule has 0 spiro atoms. The third-order valence-corrected chi connectivity index (χ3v) is 9.05. The van der Waals surface area contributed by atoms with Crippen LogP contribution in [-0.2, 0) is 23.6 Å². The predicted octanol–water partition coefficient (Wildman–Crippen LogP) is 5.16. The number of sulfonamides is 1. The van der Waals surface area contributed by atoms with Crippen LogP contribution in [0.25, 0.3) is 0 Å². The molecule has 0 fully saturated rings. The van der Waals surface area contributed by atoms with E-state index < -0.39 is 23.4 Å². The van der Waals surface area contributed by atoms with Gasteiger partial charge in [-0.1, -0.05) is 36.4 Å². The number of hydrogen-bond donors (Lipinski definition) is 1. The third-order valence-electron chi connectivity index (χ3n) is 4.88. The van der Waals surface area contributed by atoms with Crippen LogP contribution in [0.15, 0.2) is 41.3 Å². The summed E-state index contributed by atoms with van der Waals surface area (Å²) in [6.45, 7) is 11.0. The summed E-state index contributed by atoms with van der Waals surface area (Å²) >= 11 is 0. The van der Waals surface area contributed by atoms with Crippen LogP contribution < -0.4 is 4.72 Å². The zero-order chi connectivity index (χ0) is 21.8. The topological polar surface area (TPSA) is 81.7 Å². The van der Waals surface area contributed by atoms with E-state index in [1.807, 2.05) is 19.9 Å². The van der Waals surface area contributed by atoms with Crippen LogP contribution in [0.4, 0.5) is 0 Å². The molecule has 1 N–H and O–H groups in total. The fourth-order valence-corrected chi connectivity index (χ4v) is 7.52. The number of hydrogen-bond acceptors (Lipinski definition) is 5. The molecule has 160 valence electrons. The minimum absolute atomic E-state index is 0.129. The zero-order valence-electron chi connectivity index (χ0n) is 17.9. The Hall–Kier alpha value is -1.50. The van der Waals surface area contributed by atoms with Crippen molar-refractivity contribution in [3.63, 3.8) is 0 Å². The van der Waals surface area contributed by atoms with Crippen LogP contribution in [0.5, 0.6) is 0 Å². The van der Waals surface area contributed by atoms with Crippen molar-refractivity contribution in [3.8, 4) is 0 Å². The van der Waals surface area contributed by atoms with Crippen molar-refractivity contribution in [1.82, 2.24) is 4.72 Å². The summed E-state index contributed by atoms with van der Waals surface area (Å²) in [6.07, 6.45) is 0. The highest BCUT2D eigenvalue weighted by molar-refractivity contribution is 7.90. The molecule has 6 nitrogen and oxygen atoms in total. The van der Waals surface area contributed by atoms with E-state index in [2.05, 4.69) is 4.72 Å². The normalized spacial score (nSPS) is 13.4. The van der Waals surface area contributed by atoms with Gasteiger partial charge in [-0.3, -0.25) is 4.57 Å². The van der Waals surface area contributed by atoms with E-state index in [9.17, 15) is 13.0 Å². The van der Waals surface area contributed by atoms with Crippen LogP contribution in [0, 0.1) is 27.7 Å². The van der Waals surface area contributed by atoms with E-state index >= 15 is 0 Å². The second-order valence-corrected chi connectivity index (χ2v) is 10.7. The number of aryl methyl sites for hydroxylation is 2. The van der Waals surface area contributed by atoms with E-state index in [1.165, 1.54) is 0 Å². The van der Waals surface area contributed by atoms with Crippen LogP contribution in [-0.4, -0.2) is 21.6 Å². The molecule has 2 aromatic rings. The molecule has 2 aromatic carbocycles. The number of benzene rings is 2. The van der Waals surface area contributed by atoms with E-state index in [0.29, 0.717) is 16.7 Å². The van der Waals surface area contributed by atoms with E-state index in [0.717, 1.165) is 11.1 Å². The van der Waals surface area contributed by atoms with Crippen LogP contribution >= 0.6 is 7.60 Å². The molecule has 0 saturated carbocycles. The van der Waals surface area contributed by atoms with Crippen LogP contribution in [0.1, 0.15) is 47.4 Å². The summed E-state index contributed by atoms with van der Waals surface area (Å²) < 4.78 is 54.1. The quantitative estimate of drug-likeness (QED) is 0.546. The van der Waals surface area contributed by atoms with Gasteiger partial charge >= 0.3 is 7.60 Å². The van der Waals surface area contributed by atoms with Crippen molar-refractivity contribution in [2.75, 3.05) is 13.2 Å². The molecule has 0 bridgehead atoms. The molecule has 0 saturated heterocycles. The summed E-state index contributed by atoms with van der Waals surface area (Å²) in [5, 5.41) is 0. The standard InChI is InChI=1S/C21H30NO5PS/c1-7-26-28(23,27-8-2)21(19-12-10-9-11-13-19)22-29(24,25)20-17(5)15(3)14-16(4)18(20)6/h9-14,21-22H,7-8H2,1-6H3. The molecule has 0 amide bonds. The molecule has 0 aliphatic heterocycles. The largest absolute Gasteiger partial charge is 0.352 e. The molecule has 0 aliphatic rings.